The summed E-state index contributed by atoms with van der Waals surface area (Å²) in [5, 5.41) is 0. The maximum Gasteiger partial charge on any atom is 0.255 e. The number of morpholine rings is 1. The molecule has 1 amide bonds. The van der Waals surface area contributed by atoms with Crippen LogP contribution in [-0.2, 0) is 22.4 Å². The summed E-state index contributed by atoms with van der Waals surface area (Å²) in [6, 6.07) is 8.17. The Morgan fingerprint density at radius 3 is 2.79 bits per heavy atom. The summed E-state index contributed by atoms with van der Waals surface area (Å²) in [5.41, 5.74) is 3.32. The summed E-state index contributed by atoms with van der Waals surface area (Å²) in [7, 11) is 0. The SMILES string of the molecule is Cc1nc(N2CCOCC2)[nH]c(=O)c1CCC(=O)N1c2ccccc2C[C@H]1C. The molecular formula is C21H26N4O3. The van der Waals surface area contributed by atoms with E-state index >= 15 is 0 Å². The van der Waals surface area contributed by atoms with Crippen molar-refractivity contribution in [3.05, 3.63) is 51.4 Å². The largest absolute Gasteiger partial charge is 0.378 e. The number of para-hydroxylation sites is 1. The highest BCUT2D eigenvalue weighted by molar-refractivity contribution is 5.96. The minimum atomic E-state index is -0.156. The predicted molar refractivity (Wildman–Crippen MR) is 108 cm³/mol. The second-order valence-corrected chi connectivity index (χ2v) is 7.50. The summed E-state index contributed by atoms with van der Waals surface area (Å²) in [5.74, 6) is 0.636. The van der Waals surface area contributed by atoms with E-state index < -0.39 is 0 Å². The molecule has 2 aliphatic rings. The van der Waals surface area contributed by atoms with Gasteiger partial charge in [0.05, 0.1) is 13.2 Å². The van der Waals surface area contributed by atoms with E-state index in [0.29, 0.717) is 56.4 Å². The lowest BCUT2D eigenvalue weighted by Gasteiger charge is -2.27. The van der Waals surface area contributed by atoms with E-state index in [9.17, 15) is 9.59 Å². The number of ether oxygens (including phenoxy) is 1. The molecule has 0 spiro atoms. The second-order valence-electron chi connectivity index (χ2n) is 7.50. The van der Waals surface area contributed by atoms with Crippen molar-refractivity contribution in [2.75, 3.05) is 36.1 Å². The number of benzene rings is 1. The molecule has 0 bridgehead atoms. The van der Waals surface area contributed by atoms with Gasteiger partial charge in [-0.2, -0.15) is 0 Å². The van der Waals surface area contributed by atoms with Crippen LogP contribution >= 0.6 is 0 Å². The molecule has 1 aromatic carbocycles. The lowest BCUT2D eigenvalue weighted by molar-refractivity contribution is -0.118. The van der Waals surface area contributed by atoms with Gasteiger partial charge in [0.1, 0.15) is 0 Å². The van der Waals surface area contributed by atoms with E-state index in [-0.39, 0.29) is 17.5 Å². The quantitative estimate of drug-likeness (QED) is 0.873. The Kier molecular flexibility index (Phi) is 5.17. The number of nitrogens with one attached hydrogen (secondary N) is 1. The number of hydrogen-bond donors (Lipinski definition) is 1. The fourth-order valence-corrected chi connectivity index (χ4v) is 4.11. The molecule has 0 aliphatic carbocycles. The van der Waals surface area contributed by atoms with Gasteiger partial charge < -0.3 is 14.5 Å². The molecule has 3 heterocycles. The monoisotopic (exact) mass is 382 g/mol. The van der Waals surface area contributed by atoms with Gasteiger partial charge in [-0.25, -0.2) is 4.98 Å². The van der Waals surface area contributed by atoms with Crippen LogP contribution in [0.5, 0.6) is 0 Å². The number of H-pyrrole nitrogens is 1. The highest BCUT2D eigenvalue weighted by atomic mass is 16.5. The van der Waals surface area contributed by atoms with Crippen molar-refractivity contribution in [2.45, 2.75) is 39.2 Å². The molecule has 148 valence electrons. The molecule has 7 heteroatoms. The third-order valence-corrected chi connectivity index (χ3v) is 5.59. The van der Waals surface area contributed by atoms with Crippen LogP contribution in [0.4, 0.5) is 11.6 Å². The van der Waals surface area contributed by atoms with Gasteiger partial charge in [0.15, 0.2) is 0 Å². The average molecular weight is 382 g/mol. The number of nitrogens with zero attached hydrogens (tertiary/aromatic N) is 3. The second kappa shape index (κ2) is 7.75. The third kappa shape index (κ3) is 3.54. The lowest BCUT2D eigenvalue weighted by atomic mass is 10.1. The van der Waals surface area contributed by atoms with E-state index in [1.165, 1.54) is 5.56 Å². The Labute approximate surface area is 164 Å². The van der Waals surface area contributed by atoms with E-state index in [0.717, 1.165) is 12.1 Å². The van der Waals surface area contributed by atoms with E-state index in [1.54, 1.807) is 0 Å². The number of aryl methyl sites for hydroxylation is 1. The van der Waals surface area contributed by atoms with Gasteiger partial charge in [0.25, 0.3) is 5.56 Å². The number of hydrogen-bond acceptors (Lipinski definition) is 5. The van der Waals surface area contributed by atoms with Gasteiger partial charge in [-0.15, -0.1) is 0 Å². The highest BCUT2D eigenvalue weighted by Crippen LogP contribution is 2.32. The average Bonchev–Trinajstić information content (AvgIpc) is 3.03. The first-order valence-electron chi connectivity index (χ1n) is 9.87. The summed E-state index contributed by atoms with van der Waals surface area (Å²) < 4.78 is 5.35. The normalized spacial score (nSPS) is 19.0. The number of carbonyl (C=O) groups is 1. The van der Waals surface area contributed by atoms with Crippen LogP contribution in [0.1, 0.15) is 30.2 Å². The van der Waals surface area contributed by atoms with Crippen molar-refractivity contribution in [3.8, 4) is 0 Å². The van der Waals surface area contributed by atoms with Gasteiger partial charge in [-0.1, -0.05) is 18.2 Å². The number of carbonyl (C=O) groups excluding carboxylic acids is 1. The first kappa shape index (κ1) is 18.7. The molecule has 1 aromatic heterocycles. The Hall–Kier alpha value is -2.67. The van der Waals surface area contributed by atoms with E-state index in [4.69, 9.17) is 4.74 Å². The summed E-state index contributed by atoms with van der Waals surface area (Å²) in [4.78, 5) is 36.9. The Bertz CT molecular complexity index is 933. The fourth-order valence-electron chi connectivity index (χ4n) is 4.11. The fraction of sp³-hybridized carbons (Fsp3) is 0.476. The van der Waals surface area contributed by atoms with Crippen molar-refractivity contribution < 1.29 is 9.53 Å². The molecule has 0 unspecified atom stereocenters. The number of amides is 1. The van der Waals surface area contributed by atoms with Crippen molar-refractivity contribution in [3.63, 3.8) is 0 Å². The zero-order chi connectivity index (χ0) is 19.7. The highest BCUT2D eigenvalue weighted by Gasteiger charge is 2.30. The summed E-state index contributed by atoms with van der Waals surface area (Å²) >= 11 is 0. The van der Waals surface area contributed by atoms with Crippen molar-refractivity contribution >= 4 is 17.5 Å². The van der Waals surface area contributed by atoms with Gasteiger partial charge in [0.2, 0.25) is 11.9 Å². The minimum Gasteiger partial charge on any atom is -0.378 e. The molecule has 7 nitrogen and oxygen atoms in total. The van der Waals surface area contributed by atoms with Crippen LogP contribution in [0.25, 0.3) is 0 Å². The molecule has 0 saturated carbocycles. The molecule has 1 N–H and O–H groups in total. The number of anilines is 2. The Balaban J connectivity index is 1.48. The molecule has 1 fully saturated rings. The summed E-state index contributed by atoms with van der Waals surface area (Å²) in [6.07, 6.45) is 1.56. The zero-order valence-corrected chi connectivity index (χ0v) is 16.4. The zero-order valence-electron chi connectivity index (χ0n) is 16.4. The molecule has 2 aliphatic heterocycles. The topological polar surface area (TPSA) is 78.5 Å². The molecule has 1 saturated heterocycles. The third-order valence-electron chi connectivity index (χ3n) is 5.59. The van der Waals surface area contributed by atoms with Gasteiger partial charge in [-0.05, 0) is 38.3 Å². The molecule has 28 heavy (non-hydrogen) atoms. The van der Waals surface area contributed by atoms with Crippen molar-refractivity contribution in [1.29, 1.82) is 0 Å². The lowest BCUT2D eigenvalue weighted by Crippen LogP contribution is -2.39. The molecular weight excluding hydrogens is 356 g/mol. The van der Waals surface area contributed by atoms with Crippen LogP contribution in [-0.4, -0.2) is 48.2 Å². The maximum absolute atomic E-state index is 12.9. The predicted octanol–water partition coefficient (Wildman–Crippen LogP) is 1.83. The number of rotatable bonds is 4. The first-order chi connectivity index (χ1) is 13.5. The van der Waals surface area contributed by atoms with Crippen LogP contribution < -0.4 is 15.4 Å². The molecule has 4 rings (SSSR count). The number of aromatic amines is 1. The molecule has 2 aromatic rings. The van der Waals surface area contributed by atoms with Gasteiger partial charge in [0, 0.05) is 42.5 Å². The summed E-state index contributed by atoms with van der Waals surface area (Å²) in [6.45, 7) is 6.60. The van der Waals surface area contributed by atoms with Gasteiger partial charge in [-0.3, -0.25) is 14.6 Å². The van der Waals surface area contributed by atoms with Crippen molar-refractivity contribution in [2.24, 2.45) is 0 Å². The van der Waals surface area contributed by atoms with Crippen molar-refractivity contribution in [1.82, 2.24) is 9.97 Å². The number of fused-ring (bicyclic) bond motifs is 1. The molecule has 1 atom stereocenters. The first-order valence-corrected chi connectivity index (χ1v) is 9.87. The maximum atomic E-state index is 12.9. The Morgan fingerprint density at radius 2 is 2.04 bits per heavy atom. The Morgan fingerprint density at radius 1 is 1.29 bits per heavy atom. The van der Waals surface area contributed by atoms with Gasteiger partial charge >= 0.3 is 0 Å². The van der Waals surface area contributed by atoms with Crippen LogP contribution in [0.15, 0.2) is 29.1 Å². The van der Waals surface area contributed by atoms with Crippen LogP contribution in [0.2, 0.25) is 0 Å². The van der Waals surface area contributed by atoms with Crippen LogP contribution in [0, 0.1) is 6.92 Å². The van der Waals surface area contributed by atoms with E-state index in [2.05, 4.69) is 23.0 Å². The smallest absolute Gasteiger partial charge is 0.255 e. The number of aromatic nitrogens is 2. The van der Waals surface area contributed by atoms with Crippen LogP contribution in [0.3, 0.4) is 0 Å². The molecule has 0 radical (unpaired) electrons. The minimum absolute atomic E-state index is 0.0495. The standard InChI is InChI=1S/C21H26N4O3/c1-14-13-16-5-3-4-6-18(16)25(14)19(26)8-7-17-15(2)22-21(23-20(17)27)24-9-11-28-12-10-24/h3-6,14H,7-13H2,1-2H3,(H,22,23,27)/t14-/m1/s1. The van der Waals surface area contributed by atoms with E-state index in [1.807, 2.05) is 34.9 Å².